The Balaban J connectivity index is 2.03. The van der Waals surface area contributed by atoms with Crippen molar-refractivity contribution in [1.29, 1.82) is 0 Å². The molecule has 1 aromatic carbocycles. The lowest BCUT2D eigenvalue weighted by molar-refractivity contribution is -0.384. The Morgan fingerprint density at radius 3 is 2.89 bits per heavy atom. The van der Waals surface area contributed by atoms with E-state index in [4.69, 9.17) is 0 Å². The largest absolute Gasteiger partial charge is 0.326 e. The maximum atomic E-state index is 11.7. The summed E-state index contributed by atoms with van der Waals surface area (Å²) in [6.07, 6.45) is 0.270. The van der Waals surface area contributed by atoms with Gasteiger partial charge in [0.25, 0.3) is 5.69 Å². The predicted octanol–water partition coefficient (Wildman–Crippen LogP) is 2.84. The molecule has 1 heterocycles. The number of thiophene rings is 1. The molecule has 6 heteroatoms. The van der Waals surface area contributed by atoms with Crippen molar-refractivity contribution < 1.29 is 9.72 Å². The van der Waals surface area contributed by atoms with Crippen LogP contribution in [0.5, 0.6) is 0 Å². The summed E-state index contributed by atoms with van der Waals surface area (Å²) in [6, 6.07) is 7.76. The molecule has 2 rings (SSSR count). The van der Waals surface area contributed by atoms with Gasteiger partial charge in [0, 0.05) is 17.8 Å². The van der Waals surface area contributed by atoms with Gasteiger partial charge in [-0.15, -0.1) is 0 Å². The van der Waals surface area contributed by atoms with Crippen molar-refractivity contribution in [3.63, 3.8) is 0 Å². The second-order valence-corrected chi connectivity index (χ2v) is 4.44. The number of hydrogen-bond acceptors (Lipinski definition) is 4. The van der Waals surface area contributed by atoms with E-state index >= 15 is 0 Å². The summed E-state index contributed by atoms with van der Waals surface area (Å²) in [5, 5.41) is 17.0. The molecule has 0 aliphatic heterocycles. The molecule has 0 unspecified atom stereocenters. The number of nitrogens with one attached hydrogen (secondary N) is 1. The Bertz CT molecular complexity index is 566. The van der Waals surface area contributed by atoms with E-state index in [1.165, 1.54) is 23.5 Å². The van der Waals surface area contributed by atoms with Crippen LogP contribution in [0.4, 0.5) is 11.4 Å². The first kappa shape index (κ1) is 12.3. The van der Waals surface area contributed by atoms with E-state index < -0.39 is 4.92 Å². The summed E-state index contributed by atoms with van der Waals surface area (Å²) >= 11 is 1.52. The SMILES string of the molecule is O=C(Cc1ccsc1)Nc1cccc([N+](=O)[O-])c1. The molecule has 92 valence electrons. The third-order valence-electron chi connectivity index (χ3n) is 2.29. The van der Waals surface area contributed by atoms with Gasteiger partial charge in [0.15, 0.2) is 0 Å². The molecule has 0 radical (unpaired) electrons. The first-order chi connectivity index (χ1) is 8.65. The molecule has 0 fully saturated rings. The number of nitro groups is 1. The number of non-ortho nitro benzene ring substituents is 1. The Morgan fingerprint density at radius 1 is 1.39 bits per heavy atom. The van der Waals surface area contributed by atoms with Crippen molar-refractivity contribution >= 4 is 28.6 Å². The molecule has 0 saturated heterocycles. The van der Waals surface area contributed by atoms with Gasteiger partial charge in [0.1, 0.15) is 0 Å². The van der Waals surface area contributed by atoms with Crippen LogP contribution in [0.3, 0.4) is 0 Å². The zero-order valence-electron chi connectivity index (χ0n) is 9.33. The maximum Gasteiger partial charge on any atom is 0.271 e. The van der Waals surface area contributed by atoms with Crippen molar-refractivity contribution in [1.82, 2.24) is 0 Å². The average molecular weight is 262 g/mol. The smallest absolute Gasteiger partial charge is 0.271 e. The standard InChI is InChI=1S/C12H10N2O3S/c15-12(6-9-4-5-18-8-9)13-10-2-1-3-11(7-10)14(16)17/h1-5,7-8H,6H2,(H,13,15). The zero-order chi connectivity index (χ0) is 13.0. The molecule has 1 aromatic heterocycles. The van der Waals surface area contributed by atoms with Gasteiger partial charge >= 0.3 is 0 Å². The molecular weight excluding hydrogens is 252 g/mol. The zero-order valence-corrected chi connectivity index (χ0v) is 10.1. The van der Waals surface area contributed by atoms with E-state index in [-0.39, 0.29) is 18.0 Å². The van der Waals surface area contributed by atoms with Crippen LogP contribution in [0.15, 0.2) is 41.1 Å². The number of anilines is 1. The van der Waals surface area contributed by atoms with E-state index in [1.807, 2.05) is 16.8 Å². The van der Waals surface area contributed by atoms with Crippen molar-refractivity contribution in [3.05, 3.63) is 56.8 Å². The van der Waals surface area contributed by atoms with Crippen LogP contribution >= 0.6 is 11.3 Å². The van der Waals surface area contributed by atoms with Crippen molar-refractivity contribution in [2.75, 3.05) is 5.32 Å². The Kier molecular flexibility index (Phi) is 3.69. The highest BCUT2D eigenvalue weighted by Gasteiger charge is 2.08. The number of rotatable bonds is 4. The van der Waals surface area contributed by atoms with Crippen LogP contribution in [-0.4, -0.2) is 10.8 Å². The Morgan fingerprint density at radius 2 is 2.22 bits per heavy atom. The molecule has 0 saturated carbocycles. The molecule has 1 amide bonds. The molecule has 0 aliphatic carbocycles. The van der Waals surface area contributed by atoms with Crippen molar-refractivity contribution in [2.24, 2.45) is 0 Å². The number of carbonyl (C=O) groups is 1. The van der Waals surface area contributed by atoms with E-state index in [9.17, 15) is 14.9 Å². The van der Waals surface area contributed by atoms with Gasteiger partial charge in [-0.1, -0.05) is 6.07 Å². The number of nitrogens with zero attached hydrogens (tertiary/aromatic N) is 1. The van der Waals surface area contributed by atoms with Crippen LogP contribution in [0.1, 0.15) is 5.56 Å². The minimum Gasteiger partial charge on any atom is -0.326 e. The molecule has 18 heavy (non-hydrogen) atoms. The van der Waals surface area contributed by atoms with Gasteiger partial charge in [0.2, 0.25) is 5.91 Å². The van der Waals surface area contributed by atoms with Crippen LogP contribution in [0, 0.1) is 10.1 Å². The van der Waals surface area contributed by atoms with E-state index in [1.54, 1.807) is 12.1 Å². The van der Waals surface area contributed by atoms with E-state index in [0.717, 1.165) is 5.56 Å². The van der Waals surface area contributed by atoms with Crippen LogP contribution < -0.4 is 5.32 Å². The normalized spacial score (nSPS) is 10.0. The molecule has 0 bridgehead atoms. The highest BCUT2D eigenvalue weighted by Crippen LogP contribution is 2.17. The fraction of sp³-hybridized carbons (Fsp3) is 0.0833. The summed E-state index contributed by atoms with van der Waals surface area (Å²) in [5.74, 6) is -0.186. The first-order valence-corrected chi connectivity index (χ1v) is 6.15. The van der Waals surface area contributed by atoms with Gasteiger partial charge in [-0.05, 0) is 28.5 Å². The van der Waals surface area contributed by atoms with Crippen LogP contribution in [-0.2, 0) is 11.2 Å². The topological polar surface area (TPSA) is 72.2 Å². The lowest BCUT2D eigenvalue weighted by Gasteiger charge is -2.03. The lowest BCUT2D eigenvalue weighted by Crippen LogP contribution is -2.13. The fourth-order valence-corrected chi connectivity index (χ4v) is 2.15. The first-order valence-electron chi connectivity index (χ1n) is 5.20. The van der Waals surface area contributed by atoms with Crippen LogP contribution in [0.25, 0.3) is 0 Å². The summed E-state index contributed by atoms with van der Waals surface area (Å²) in [6.45, 7) is 0. The number of benzene rings is 1. The van der Waals surface area contributed by atoms with Gasteiger partial charge in [-0.2, -0.15) is 11.3 Å². The lowest BCUT2D eigenvalue weighted by atomic mass is 10.2. The molecule has 2 aromatic rings. The molecule has 5 nitrogen and oxygen atoms in total. The number of nitro benzene ring substituents is 1. The Labute approximate surface area is 107 Å². The van der Waals surface area contributed by atoms with Gasteiger partial charge in [0.05, 0.1) is 11.3 Å². The minimum absolute atomic E-state index is 0.0386. The quantitative estimate of drug-likeness (QED) is 0.680. The molecular formula is C12H10N2O3S. The summed E-state index contributed by atoms with van der Waals surface area (Å²) < 4.78 is 0. The van der Waals surface area contributed by atoms with Gasteiger partial charge < -0.3 is 5.32 Å². The predicted molar refractivity (Wildman–Crippen MR) is 69.7 cm³/mol. The third-order valence-corrected chi connectivity index (χ3v) is 3.02. The summed E-state index contributed by atoms with van der Waals surface area (Å²) in [4.78, 5) is 21.8. The highest BCUT2D eigenvalue weighted by molar-refractivity contribution is 7.08. The molecule has 0 atom stereocenters. The molecule has 1 N–H and O–H groups in total. The highest BCUT2D eigenvalue weighted by atomic mass is 32.1. The maximum absolute atomic E-state index is 11.7. The Hall–Kier alpha value is -2.21. The molecule has 0 spiro atoms. The summed E-state index contributed by atoms with van der Waals surface area (Å²) in [5.41, 5.74) is 1.33. The van der Waals surface area contributed by atoms with E-state index in [2.05, 4.69) is 5.32 Å². The van der Waals surface area contributed by atoms with Crippen LogP contribution in [0.2, 0.25) is 0 Å². The number of carbonyl (C=O) groups excluding carboxylic acids is 1. The summed E-state index contributed by atoms with van der Waals surface area (Å²) in [7, 11) is 0. The number of hydrogen-bond donors (Lipinski definition) is 1. The second kappa shape index (κ2) is 5.42. The molecule has 0 aliphatic rings. The van der Waals surface area contributed by atoms with Crippen molar-refractivity contribution in [2.45, 2.75) is 6.42 Å². The van der Waals surface area contributed by atoms with Gasteiger partial charge in [-0.3, -0.25) is 14.9 Å². The monoisotopic (exact) mass is 262 g/mol. The fourth-order valence-electron chi connectivity index (χ4n) is 1.48. The van der Waals surface area contributed by atoms with Gasteiger partial charge in [-0.25, -0.2) is 0 Å². The average Bonchev–Trinajstić information content (AvgIpc) is 2.82. The third kappa shape index (κ3) is 3.14. The van der Waals surface area contributed by atoms with Crippen molar-refractivity contribution in [3.8, 4) is 0 Å². The number of amides is 1. The second-order valence-electron chi connectivity index (χ2n) is 3.66. The van der Waals surface area contributed by atoms with E-state index in [0.29, 0.717) is 5.69 Å². The minimum atomic E-state index is -0.492.